The molecule has 1 heterocycles. The number of hydrogen-bond acceptors (Lipinski definition) is 2. The van der Waals surface area contributed by atoms with E-state index < -0.39 is 24.3 Å². The van der Waals surface area contributed by atoms with E-state index in [2.05, 4.69) is 5.32 Å². The lowest BCUT2D eigenvalue weighted by molar-refractivity contribution is -0.171. The topological polar surface area (TPSA) is 51.1 Å². The summed E-state index contributed by atoms with van der Waals surface area (Å²) in [5.74, 6) is -3.04. The summed E-state index contributed by atoms with van der Waals surface area (Å²) in [6.45, 7) is 3.84. The van der Waals surface area contributed by atoms with Gasteiger partial charge in [-0.05, 0) is 25.5 Å². The van der Waals surface area contributed by atoms with Crippen molar-refractivity contribution >= 4 is 28.3 Å². The van der Waals surface area contributed by atoms with Crippen molar-refractivity contribution in [3.05, 3.63) is 29.5 Å². The van der Waals surface area contributed by atoms with Crippen LogP contribution >= 0.6 is 0 Å². The number of carbonyl (C=O) groups is 2. The van der Waals surface area contributed by atoms with Gasteiger partial charge in [-0.1, -0.05) is 12.1 Å². The minimum Gasteiger partial charge on any atom is -0.346 e. The van der Waals surface area contributed by atoms with Gasteiger partial charge in [-0.2, -0.15) is 13.2 Å². The fourth-order valence-electron chi connectivity index (χ4n) is 2.36. The SMILES string of the molecule is Cc1c(C)n(C)c2c(NC(=O)CC(=O)C(F)(F)F)cccc12. The standard InChI is InChI=1S/C15H15F3N2O2/c1-8-9(2)20(3)14-10(8)5-4-6-11(14)19-13(22)7-12(21)15(16,17)18/h4-6H,7H2,1-3H3,(H,19,22). The number of nitrogens with one attached hydrogen (secondary N) is 1. The molecular formula is C15H15F3N2O2. The second-order valence-corrected chi connectivity index (χ2v) is 5.12. The van der Waals surface area contributed by atoms with Crippen LogP contribution in [0.15, 0.2) is 18.2 Å². The van der Waals surface area contributed by atoms with Crippen molar-refractivity contribution in [3.8, 4) is 0 Å². The molecule has 1 aromatic carbocycles. The first kappa shape index (κ1) is 16.1. The first-order chi connectivity index (χ1) is 10.1. The minimum atomic E-state index is -5.00. The number of para-hydroxylation sites is 1. The number of carbonyl (C=O) groups excluding carboxylic acids is 2. The summed E-state index contributed by atoms with van der Waals surface area (Å²) < 4.78 is 38.4. The predicted molar refractivity (Wildman–Crippen MR) is 76.7 cm³/mol. The van der Waals surface area contributed by atoms with Crippen LogP contribution in [0.25, 0.3) is 10.9 Å². The van der Waals surface area contributed by atoms with Gasteiger partial charge in [0, 0.05) is 18.1 Å². The van der Waals surface area contributed by atoms with Gasteiger partial charge in [0.05, 0.1) is 17.6 Å². The Morgan fingerprint density at radius 1 is 1.23 bits per heavy atom. The molecule has 22 heavy (non-hydrogen) atoms. The van der Waals surface area contributed by atoms with Crippen LogP contribution in [0.4, 0.5) is 18.9 Å². The molecule has 0 spiro atoms. The fourth-order valence-corrected chi connectivity index (χ4v) is 2.36. The van der Waals surface area contributed by atoms with Crippen LogP contribution in [0, 0.1) is 13.8 Å². The molecule has 0 aliphatic rings. The van der Waals surface area contributed by atoms with Gasteiger partial charge in [-0.15, -0.1) is 0 Å². The number of hydrogen-bond donors (Lipinski definition) is 1. The number of amides is 1. The molecule has 2 aromatic rings. The van der Waals surface area contributed by atoms with E-state index in [1.807, 2.05) is 24.5 Å². The van der Waals surface area contributed by atoms with E-state index in [1.165, 1.54) is 0 Å². The number of benzene rings is 1. The molecule has 0 saturated heterocycles. The summed E-state index contributed by atoms with van der Waals surface area (Å²) in [6.07, 6.45) is -6.22. The van der Waals surface area contributed by atoms with Crippen molar-refractivity contribution in [1.29, 1.82) is 0 Å². The van der Waals surface area contributed by atoms with E-state index in [0.29, 0.717) is 11.2 Å². The van der Waals surface area contributed by atoms with Crippen LogP contribution in [0.1, 0.15) is 17.7 Å². The number of aromatic nitrogens is 1. The van der Waals surface area contributed by atoms with Gasteiger partial charge in [0.15, 0.2) is 0 Å². The maximum Gasteiger partial charge on any atom is 0.450 e. The Labute approximate surface area is 124 Å². The monoisotopic (exact) mass is 312 g/mol. The van der Waals surface area contributed by atoms with Crippen molar-refractivity contribution in [2.75, 3.05) is 5.32 Å². The molecule has 0 atom stereocenters. The van der Waals surface area contributed by atoms with Gasteiger partial charge in [-0.3, -0.25) is 9.59 Å². The molecule has 0 bridgehead atoms. The van der Waals surface area contributed by atoms with Gasteiger partial charge in [0.25, 0.3) is 0 Å². The zero-order valence-electron chi connectivity index (χ0n) is 12.3. The van der Waals surface area contributed by atoms with E-state index in [0.717, 1.165) is 16.6 Å². The number of aryl methyl sites for hydroxylation is 2. The molecule has 0 aliphatic heterocycles. The molecule has 118 valence electrons. The smallest absolute Gasteiger partial charge is 0.346 e. The molecule has 1 aromatic heterocycles. The lowest BCUT2D eigenvalue weighted by Crippen LogP contribution is -2.28. The third kappa shape index (κ3) is 2.84. The highest BCUT2D eigenvalue weighted by Crippen LogP contribution is 2.30. The molecule has 1 amide bonds. The largest absolute Gasteiger partial charge is 0.450 e. The van der Waals surface area contributed by atoms with Crippen LogP contribution in [-0.4, -0.2) is 22.4 Å². The van der Waals surface area contributed by atoms with E-state index >= 15 is 0 Å². The molecule has 0 saturated carbocycles. The Morgan fingerprint density at radius 2 is 1.86 bits per heavy atom. The molecule has 4 nitrogen and oxygen atoms in total. The number of ketones is 1. The molecular weight excluding hydrogens is 297 g/mol. The minimum absolute atomic E-state index is 0.385. The molecule has 0 radical (unpaired) electrons. The van der Waals surface area contributed by atoms with Gasteiger partial charge in [0.2, 0.25) is 11.7 Å². The average Bonchev–Trinajstić information content (AvgIpc) is 2.63. The van der Waals surface area contributed by atoms with Crippen molar-refractivity contribution in [1.82, 2.24) is 4.57 Å². The normalized spacial score (nSPS) is 11.7. The number of anilines is 1. The third-order valence-electron chi connectivity index (χ3n) is 3.73. The Kier molecular flexibility index (Phi) is 4.00. The Balaban J connectivity index is 2.31. The lowest BCUT2D eigenvalue weighted by Gasteiger charge is -2.09. The molecule has 7 heteroatoms. The van der Waals surface area contributed by atoms with Crippen LogP contribution < -0.4 is 5.32 Å². The second-order valence-electron chi connectivity index (χ2n) is 5.12. The maximum atomic E-state index is 12.2. The quantitative estimate of drug-likeness (QED) is 0.885. The molecule has 1 N–H and O–H groups in total. The Hall–Kier alpha value is -2.31. The number of rotatable bonds is 3. The van der Waals surface area contributed by atoms with E-state index in [4.69, 9.17) is 0 Å². The summed E-state index contributed by atoms with van der Waals surface area (Å²) in [4.78, 5) is 22.5. The summed E-state index contributed by atoms with van der Waals surface area (Å²) in [7, 11) is 1.81. The van der Waals surface area contributed by atoms with Gasteiger partial charge < -0.3 is 9.88 Å². The third-order valence-corrected chi connectivity index (χ3v) is 3.73. The number of fused-ring (bicyclic) bond motifs is 1. The number of nitrogens with zero attached hydrogens (tertiary/aromatic N) is 1. The number of alkyl halides is 3. The zero-order valence-corrected chi connectivity index (χ0v) is 12.3. The molecule has 0 aliphatic carbocycles. The van der Waals surface area contributed by atoms with E-state index in [9.17, 15) is 22.8 Å². The number of Topliss-reactive ketones (excluding diaryl/α,β-unsaturated/α-hetero) is 1. The first-order valence-corrected chi connectivity index (χ1v) is 6.57. The molecule has 2 rings (SSSR count). The summed E-state index contributed by atoms with van der Waals surface area (Å²) in [6, 6.07) is 5.17. The van der Waals surface area contributed by atoms with Crippen molar-refractivity contribution < 1.29 is 22.8 Å². The zero-order chi connectivity index (χ0) is 16.7. The summed E-state index contributed by atoms with van der Waals surface area (Å²) in [5.41, 5.74) is 3.12. The van der Waals surface area contributed by atoms with Crippen LogP contribution in [-0.2, 0) is 16.6 Å². The molecule has 0 unspecified atom stereocenters. The van der Waals surface area contributed by atoms with E-state index in [-0.39, 0.29) is 0 Å². The lowest BCUT2D eigenvalue weighted by atomic mass is 10.1. The predicted octanol–water partition coefficient (Wildman–Crippen LogP) is 3.26. The Morgan fingerprint density at radius 3 is 2.45 bits per heavy atom. The average molecular weight is 312 g/mol. The Bertz CT molecular complexity index is 760. The maximum absolute atomic E-state index is 12.2. The van der Waals surface area contributed by atoms with Gasteiger partial charge in [0.1, 0.15) is 0 Å². The van der Waals surface area contributed by atoms with Crippen molar-refractivity contribution in [3.63, 3.8) is 0 Å². The highest BCUT2D eigenvalue weighted by Gasteiger charge is 2.39. The highest BCUT2D eigenvalue weighted by molar-refractivity contribution is 6.09. The summed E-state index contributed by atoms with van der Waals surface area (Å²) >= 11 is 0. The van der Waals surface area contributed by atoms with Crippen molar-refractivity contribution in [2.24, 2.45) is 7.05 Å². The van der Waals surface area contributed by atoms with E-state index in [1.54, 1.807) is 19.2 Å². The fraction of sp³-hybridized carbons (Fsp3) is 0.333. The molecule has 0 fully saturated rings. The van der Waals surface area contributed by atoms with Crippen LogP contribution in [0.2, 0.25) is 0 Å². The summed E-state index contributed by atoms with van der Waals surface area (Å²) in [5, 5.41) is 3.29. The van der Waals surface area contributed by atoms with Crippen LogP contribution in [0.5, 0.6) is 0 Å². The van der Waals surface area contributed by atoms with Crippen molar-refractivity contribution in [2.45, 2.75) is 26.4 Å². The van der Waals surface area contributed by atoms with Gasteiger partial charge >= 0.3 is 6.18 Å². The second kappa shape index (κ2) is 5.47. The van der Waals surface area contributed by atoms with Gasteiger partial charge in [-0.25, -0.2) is 0 Å². The first-order valence-electron chi connectivity index (χ1n) is 6.57. The number of halogens is 3. The highest BCUT2D eigenvalue weighted by atomic mass is 19.4. The van der Waals surface area contributed by atoms with Crippen LogP contribution in [0.3, 0.4) is 0 Å².